The monoisotopic (exact) mass is 242 g/mol. The number of nitrogens with two attached hydrogens (primary N) is 1. The molecule has 4 N–H and O–H groups in total. The first-order valence-electron chi connectivity index (χ1n) is 5.48. The number of amidine groups is 1. The van der Waals surface area contributed by atoms with Crippen molar-refractivity contribution in [3.63, 3.8) is 0 Å². The van der Waals surface area contributed by atoms with Crippen molar-refractivity contribution in [3.05, 3.63) is 5.69 Å². The summed E-state index contributed by atoms with van der Waals surface area (Å²) < 4.78 is 4.43. The summed E-state index contributed by atoms with van der Waals surface area (Å²) in [7, 11) is 0. The maximum Gasteiger partial charge on any atom is 0.199 e. The van der Waals surface area contributed by atoms with E-state index >= 15 is 0 Å². The van der Waals surface area contributed by atoms with E-state index in [1.54, 1.807) is 0 Å². The van der Waals surface area contributed by atoms with Crippen LogP contribution in [-0.2, 0) is 0 Å². The minimum atomic E-state index is 0.0909. The molecule has 1 heterocycles. The van der Waals surface area contributed by atoms with Crippen LogP contribution in [0, 0.1) is 0 Å². The molecule has 0 amide bonds. The summed E-state index contributed by atoms with van der Waals surface area (Å²) in [4.78, 5) is 6.36. The van der Waals surface area contributed by atoms with E-state index in [-0.39, 0.29) is 17.3 Å². The summed E-state index contributed by atoms with van der Waals surface area (Å²) in [6.45, 7) is 7.40. The first-order chi connectivity index (χ1) is 8.22. The lowest BCUT2D eigenvalue weighted by molar-refractivity contribution is 0.233. The molecule has 0 saturated carbocycles. The predicted molar refractivity (Wildman–Crippen MR) is 62.8 cm³/mol. The first kappa shape index (κ1) is 13.4. The Balaban J connectivity index is 2.59. The van der Waals surface area contributed by atoms with Crippen LogP contribution in [0.2, 0.25) is 0 Å². The number of rotatable bonds is 6. The number of nitrogens with one attached hydrogen (secondary N) is 1. The molecule has 0 aliphatic carbocycles. The third-order valence-electron chi connectivity index (χ3n) is 2.42. The number of aromatic nitrogens is 2. The zero-order valence-electron chi connectivity index (χ0n) is 10.1. The summed E-state index contributed by atoms with van der Waals surface area (Å²) in [5.74, 6) is 0.254. The highest BCUT2D eigenvalue weighted by atomic mass is 16.6. The van der Waals surface area contributed by atoms with Gasteiger partial charge >= 0.3 is 0 Å². The fourth-order valence-corrected chi connectivity index (χ4v) is 1.37. The van der Waals surface area contributed by atoms with Gasteiger partial charge < -0.3 is 10.6 Å². The van der Waals surface area contributed by atoms with Crippen LogP contribution in [0.1, 0.15) is 19.5 Å². The Bertz CT molecular complexity index is 360. The third kappa shape index (κ3) is 3.68. The SMILES string of the molecule is CCN(CC)CCN=C(NO)c1nonc1N. The fraction of sp³-hybridized carbons (Fsp3) is 0.667. The number of hydrogen-bond acceptors (Lipinski definition) is 7. The van der Waals surface area contributed by atoms with Crippen LogP contribution in [-0.4, -0.2) is 52.4 Å². The van der Waals surface area contributed by atoms with Crippen molar-refractivity contribution in [1.29, 1.82) is 0 Å². The van der Waals surface area contributed by atoms with Crippen LogP contribution >= 0.6 is 0 Å². The van der Waals surface area contributed by atoms with E-state index < -0.39 is 0 Å². The molecule has 8 heteroatoms. The van der Waals surface area contributed by atoms with E-state index in [1.165, 1.54) is 0 Å². The standard InChI is InChI=1S/C9H18N6O2/c1-3-15(4-2)6-5-11-9(12-16)7-8(10)14-17-13-7/h16H,3-6H2,1-2H3,(H2,10,14)(H,11,12). The zero-order chi connectivity index (χ0) is 12.7. The highest BCUT2D eigenvalue weighted by Gasteiger charge is 2.12. The number of hydroxylamine groups is 1. The Morgan fingerprint density at radius 1 is 1.47 bits per heavy atom. The van der Waals surface area contributed by atoms with Gasteiger partial charge in [-0.15, -0.1) is 0 Å². The van der Waals surface area contributed by atoms with E-state index in [9.17, 15) is 0 Å². The average Bonchev–Trinajstić information content (AvgIpc) is 2.76. The van der Waals surface area contributed by atoms with Crippen LogP contribution < -0.4 is 11.2 Å². The summed E-state index contributed by atoms with van der Waals surface area (Å²) >= 11 is 0. The number of nitrogen functional groups attached to an aromatic ring is 1. The summed E-state index contributed by atoms with van der Waals surface area (Å²) in [5.41, 5.74) is 7.65. The number of hydrogen-bond donors (Lipinski definition) is 3. The number of likely N-dealkylation sites (N-methyl/N-ethyl adjacent to an activating group) is 1. The van der Waals surface area contributed by atoms with Gasteiger partial charge in [0.15, 0.2) is 17.3 Å². The van der Waals surface area contributed by atoms with E-state index in [0.29, 0.717) is 6.54 Å². The van der Waals surface area contributed by atoms with E-state index in [1.807, 2.05) is 5.48 Å². The molecule has 96 valence electrons. The largest absolute Gasteiger partial charge is 0.379 e. The molecule has 1 aromatic rings. The Morgan fingerprint density at radius 2 is 2.18 bits per heavy atom. The van der Waals surface area contributed by atoms with Gasteiger partial charge in [0.25, 0.3) is 0 Å². The molecule has 0 aromatic carbocycles. The fourth-order valence-electron chi connectivity index (χ4n) is 1.37. The second-order valence-corrected chi connectivity index (χ2v) is 3.37. The van der Waals surface area contributed by atoms with Crippen LogP contribution in [0.3, 0.4) is 0 Å². The molecule has 0 saturated heterocycles. The Labute approximate surface area is 99.4 Å². The lowest BCUT2D eigenvalue weighted by Crippen LogP contribution is -2.28. The molecule has 8 nitrogen and oxygen atoms in total. The van der Waals surface area contributed by atoms with Gasteiger partial charge in [-0.25, -0.2) is 4.63 Å². The van der Waals surface area contributed by atoms with E-state index in [2.05, 4.69) is 38.7 Å². The van der Waals surface area contributed by atoms with Crippen LogP contribution in [0.15, 0.2) is 9.62 Å². The van der Waals surface area contributed by atoms with Gasteiger partial charge in [-0.1, -0.05) is 13.8 Å². The molecular weight excluding hydrogens is 224 g/mol. The third-order valence-corrected chi connectivity index (χ3v) is 2.42. The summed E-state index contributed by atoms with van der Waals surface area (Å²) in [5, 5.41) is 15.9. The number of aliphatic imine (C=N–C) groups is 1. The molecule has 1 aromatic heterocycles. The van der Waals surface area contributed by atoms with Crippen LogP contribution in [0.4, 0.5) is 5.82 Å². The van der Waals surface area contributed by atoms with Gasteiger partial charge in [0.05, 0.1) is 6.54 Å². The molecular formula is C9H18N6O2. The molecule has 17 heavy (non-hydrogen) atoms. The van der Waals surface area contributed by atoms with Gasteiger partial charge in [0, 0.05) is 6.54 Å². The maximum absolute atomic E-state index is 8.94. The number of nitrogens with zero attached hydrogens (tertiary/aromatic N) is 4. The zero-order valence-corrected chi connectivity index (χ0v) is 10.1. The highest BCUT2D eigenvalue weighted by Crippen LogP contribution is 2.04. The predicted octanol–water partition coefficient (Wildman–Crippen LogP) is -0.281. The minimum absolute atomic E-state index is 0.0909. The van der Waals surface area contributed by atoms with E-state index in [0.717, 1.165) is 19.6 Å². The maximum atomic E-state index is 8.94. The Morgan fingerprint density at radius 3 is 2.65 bits per heavy atom. The second kappa shape index (κ2) is 6.81. The molecule has 0 atom stereocenters. The van der Waals surface area contributed by atoms with Crippen LogP contribution in [0.25, 0.3) is 0 Å². The molecule has 0 bridgehead atoms. The Hall–Kier alpha value is -1.67. The van der Waals surface area contributed by atoms with Gasteiger partial charge in [0.2, 0.25) is 0 Å². The van der Waals surface area contributed by atoms with Crippen molar-refractivity contribution in [2.45, 2.75) is 13.8 Å². The minimum Gasteiger partial charge on any atom is -0.379 e. The van der Waals surface area contributed by atoms with Crippen molar-refractivity contribution in [1.82, 2.24) is 20.7 Å². The molecule has 0 aliphatic heterocycles. The lowest BCUT2D eigenvalue weighted by atomic mass is 10.4. The smallest absolute Gasteiger partial charge is 0.199 e. The second-order valence-electron chi connectivity index (χ2n) is 3.37. The summed E-state index contributed by atoms with van der Waals surface area (Å²) in [6, 6.07) is 0. The van der Waals surface area contributed by atoms with E-state index in [4.69, 9.17) is 10.9 Å². The molecule has 0 aliphatic rings. The van der Waals surface area contributed by atoms with Crippen molar-refractivity contribution >= 4 is 11.7 Å². The normalized spacial score (nSPS) is 12.1. The van der Waals surface area contributed by atoms with Crippen LogP contribution in [0.5, 0.6) is 0 Å². The Kier molecular flexibility index (Phi) is 5.37. The number of anilines is 1. The van der Waals surface area contributed by atoms with Gasteiger partial charge in [0.1, 0.15) is 0 Å². The highest BCUT2D eigenvalue weighted by molar-refractivity contribution is 5.99. The van der Waals surface area contributed by atoms with Crippen molar-refractivity contribution in [3.8, 4) is 0 Å². The molecule has 0 unspecified atom stereocenters. The lowest BCUT2D eigenvalue weighted by Gasteiger charge is -2.16. The van der Waals surface area contributed by atoms with Gasteiger partial charge in [-0.3, -0.25) is 15.7 Å². The molecule has 0 fully saturated rings. The van der Waals surface area contributed by atoms with Crippen molar-refractivity contribution in [2.75, 3.05) is 31.9 Å². The quantitative estimate of drug-likeness (QED) is 0.357. The van der Waals surface area contributed by atoms with Crippen molar-refractivity contribution in [2.24, 2.45) is 4.99 Å². The summed E-state index contributed by atoms with van der Waals surface area (Å²) in [6.07, 6.45) is 0. The topological polar surface area (TPSA) is 113 Å². The molecule has 0 radical (unpaired) electrons. The van der Waals surface area contributed by atoms with Gasteiger partial charge in [-0.05, 0) is 23.4 Å². The molecule has 0 spiro atoms. The van der Waals surface area contributed by atoms with Crippen molar-refractivity contribution < 1.29 is 9.84 Å². The molecule has 1 rings (SSSR count). The average molecular weight is 242 g/mol. The van der Waals surface area contributed by atoms with Gasteiger partial charge in [-0.2, -0.15) is 0 Å². The first-order valence-corrected chi connectivity index (χ1v) is 5.48.